The highest BCUT2D eigenvalue weighted by Gasteiger charge is 2.34. The van der Waals surface area contributed by atoms with Crippen LogP contribution in [0.2, 0.25) is 0 Å². The Morgan fingerprint density at radius 1 is 1.03 bits per heavy atom. The van der Waals surface area contributed by atoms with Crippen LogP contribution in [0.3, 0.4) is 0 Å². The molecule has 13 heteroatoms. The number of para-hydroxylation sites is 1. The number of aromatic nitrogens is 8. The van der Waals surface area contributed by atoms with Crippen LogP contribution in [0.1, 0.15) is 30.9 Å². The van der Waals surface area contributed by atoms with E-state index < -0.39 is 23.9 Å². The van der Waals surface area contributed by atoms with Crippen molar-refractivity contribution in [2.75, 3.05) is 5.73 Å². The summed E-state index contributed by atoms with van der Waals surface area (Å²) in [5.41, 5.74) is 8.12. The van der Waals surface area contributed by atoms with Crippen molar-refractivity contribution in [1.82, 2.24) is 39.5 Å². The zero-order valence-corrected chi connectivity index (χ0v) is 18.1. The highest BCUT2D eigenvalue weighted by Crippen LogP contribution is 2.36. The molecule has 0 aliphatic rings. The first-order valence-electron chi connectivity index (χ1n) is 10.5. The molecule has 0 bridgehead atoms. The number of nitrogens with zero attached hydrogens (tertiary/aromatic N) is 8. The van der Waals surface area contributed by atoms with Gasteiger partial charge in [-0.05, 0) is 18.6 Å². The predicted molar refractivity (Wildman–Crippen MR) is 118 cm³/mol. The molecular weight excluding hydrogens is 466 g/mol. The van der Waals surface area contributed by atoms with Gasteiger partial charge in [0.15, 0.2) is 0 Å². The third-order valence-electron chi connectivity index (χ3n) is 5.53. The van der Waals surface area contributed by atoms with E-state index in [4.69, 9.17) is 5.73 Å². The number of halogens is 4. The van der Waals surface area contributed by atoms with Gasteiger partial charge < -0.3 is 10.3 Å². The Bertz CT molecular complexity index is 1510. The van der Waals surface area contributed by atoms with Gasteiger partial charge in [-0.15, -0.1) is 5.10 Å². The van der Waals surface area contributed by atoms with Gasteiger partial charge in [0.05, 0.1) is 17.6 Å². The van der Waals surface area contributed by atoms with E-state index in [0.717, 1.165) is 12.4 Å². The Kier molecular flexibility index (Phi) is 5.38. The molecule has 0 spiro atoms. The van der Waals surface area contributed by atoms with Crippen LogP contribution in [0.4, 0.5) is 23.4 Å². The molecule has 0 saturated heterocycles. The fraction of sp³-hybridized carbons (Fsp3) is 0.182. The number of nitrogen functional groups attached to an aromatic ring is 1. The maximum Gasteiger partial charge on any atom is 0.451 e. The summed E-state index contributed by atoms with van der Waals surface area (Å²) < 4.78 is 56.1. The van der Waals surface area contributed by atoms with Crippen molar-refractivity contribution >= 4 is 16.9 Å². The lowest BCUT2D eigenvalue weighted by Gasteiger charge is -2.15. The van der Waals surface area contributed by atoms with Crippen LogP contribution in [0.25, 0.3) is 27.8 Å². The number of hydrogen-bond acceptors (Lipinski definition) is 7. The van der Waals surface area contributed by atoms with Gasteiger partial charge in [0.2, 0.25) is 5.82 Å². The van der Waals surface area contributed by atoms with Crippen LogP contribution in [0.5, 0.6) is 0 Å². The summed E-state index contributed by atoms with van der Waals surface area (Å²) in [4.78, 5) is 15.3. The van der Waals surface area contributed by atoms with Crippen LogP contribution in [0.15, 0.2) is 55.4 Å². The van der Waals surface area contributed by atoms with E-state index in [-0.39, 0.29) is 11.5 Å². The van der Waals surface area contributed by atoms with Crippen molar-refractivity contribution in [3.8, 4) is 16.8 Å². The van der Waals surface area contributed by atoms with Gasteiger partial charge in [0.1, 0.15) is 35.0 Å². The summed E-state index contributed by atoms with van der Waals surface area (Å²) in [6.07, 6.45) is 2.65. The monoisotopic (exact) mass is 483 g/mol. The maximum atomic E-state index is 14.2. The zero-order valence-electron chi connectivity index (χ0n) is 18.1. The van der Waals surface area contributed by atoms with E-state index in [0.29, 0.717) is 34.3 Å². The number of fused-ring (bicyclic) bond motifs is 1. The fourth-order valence-electron chi connectivity index (χ4n) is 3.91. The molecule has 1 aromatic carbocycles. The smallest absolute Gasteiger partial charge is 0.383 e. The summed E-state index contributed by atoms with van der Waals surface area (Å²) in [6, 6.07) is 5.78. The first kappa shape index (κ1) is 22.4. The molecule has 0 fully saturated rings. The van der Waals surface area contributed by atoms with Crippen molar-refractivity contribution in [3.63, 3.8) is 0 Å². The Balaban J connectivity index is 1.62. The molecule has 0 aliphatic heterocycles. The van der Waals surface area contributed by atoms with Gasteiger partial charge in [-0.25, -0.2) is 29.0 Å². The highest BCUT2D eigenvalue weighted by molar-refractivity contribution is 6.00. The third-order valence-corrected chi connectivity index (χ3v) is 5.53. The van der Waals surface area contributed by atoms with E-state index in [9.17, 15) is 17.6 Å². The minimum Gasteiger partial charge on any atom is -0.383 e. The molecule has 5 aromatic rings. The Morgan fingerprint density at radius 3 is 2.46 bits per heavy atom. The van der Waals surface area contributed by atoms with E-state index in [1.54, 1.807) is 35.2 Å². The largest absolute Gasteiger partial charge is 0.451 e. The normalized spacial score (nSPS) is 12.8. The predicted octanol–water partition coefficient (Wildman–Crippen LogP) is 4.21. The summed E-state index contributed by atoms with van der Waals surface area (Å²) in [7, 11) is 0. The molecule has 9 nitrogen and oxygen atoms in total. The molecule has 2 N–H and O–H groups in total. The molecule has 0 aliphatic carbocycles. The quantitative estimate of drug-likeness (QED) is 0.373. The molecule has 0 radical (unpaired) electrons. The fourth-order valence-corrected chi connectivity index (χ4v) is 3.91. The summed E-state index contributed by atoms with van der Waals surface area (Å²) >= 11 is 0. The van der Waals surface area contributed by atoms with Crippen LogP contribution < -0.4 is 5.73 Å². The Morgan fingerprint density at radius 2 is 1.77 bits per heavy atom. The lowest BCUT2D eigenvalue weighted by atomic mass is 10.1. The van der Waals surface area contributed by atoms with Crippen LogP contribution in [0, 0.1) is 5.82 Å². The average Bonchev–Trinajstić information content (AvgIpc) is 3.46. The van der Waals surface area contributed by atoms with Crippen LogP contribution in [-0.2, 0) is 6.18 Å². The van der Waals surface area contributed by atoms with Crippen molar-refractivity contribution in [3.05, 3.63) is 72.7 Å². The zero-order chi connectivity index (χ0) is 24.7. The first-order valence-corrected chi connectivity index (χ1v) is 10.5. The van der Waals surface area contributed by atoms with E-state index >= 15 is 0 Å². The summed E-state index contributed by atoms with van der Waals surface area (Å²) in [5, 5.41) is 8.74. The van der Waals surface area contributed by atoms with Gasteiger partial charge in [0, 0.05) is 29.7 Å². The number of anilines is 1. The highest BCUT2D eigenvalue weighted by atomic mass is 19.4. The van der Waals surface area contributed by atoms with Crippen molar-refractivity contribution in [2.24, 2.45) is 0 Å². The molecule has 0 unspecified atom stereocenters. The second-order valence-corrected chi connectivity index (χ2v) is 7.66. The lowest BCUT2D eigenvalue weighted by molar-refractivity contribution is -0.144. The van der Waals surface area contributed by atoms with Crippen LogP contribution >= 0.6 is 0 Å². The standard InChI is InChI=1S/C22H17F4N9/c1-2-16(15-10-35(33-32-15)17-6-4-3-5-14(17)23)34-9-13(18-19(27)30-11-31-20(18)34)12-7-28-21(29-8-12)22(24,25)26/h3-11,16H,2H2,1H3,(H2,27,30,31)/t16-/m0/s1. The molecule has 5 rings (SSSR count). The molecule has 1 atom stereocenters. The number of alkyl halides is 3. The van der Waals surface area contributed by atoms with E-state index in [2.05, 4.69) is 30.2 Å². The second kappa shape index (κ2) is 8.42. The first-order chi connectivity index (χ1) is 16.8. The minimum atomic E-state index is -4.66. The van der Waals surface area contributed by atoms with Crippen molar-refractivity contribution < 1.29 is 17.6 Å². The molecule has 4 heterocycles. The molecule has 35 heavy (non-hydrogen) atoms. The number of hydrogen-bond donors (Lipinski definition) is 1. The summed E-state index contributed by atoms with van der Waals surface area (Å²) in [5.74, 6) is -1.55. The van der Waals surface area contributed by atoms with Gasteiger partial charge in [-0.2, -0.15) is 13.2 Å². The van der Waals surface area contributed by atoms with E-state index in [1.165, 1.54) is 17.1 Å². The minimum absolute atomic E-state index is 0.147. The molecule has 0 saturated carbocycles. The molecule has 0 amide bonds. The lowest BCUT2D eigenvalue weighted by Crippen LogP contribution is -2.10. The van der Waals surface area contributed by atoms with Gasteiger partial charge in [-0.1, -0.05) is 24.3 Å². The number of rotatable bonds is 5. The van der Waals surface area contributed by atoms with Gasteiger partial charge >= 0.3 is 6.18 Å². The Labute approximate surface area is 195 Å². The number of nitrogens with two attached hydrogens (primary N) is 1. The van der Waals surface area contributed by atoms with E-state index in [1.807, 2.05) is 6.92 Å². The van der Waals surface area contributed by atoms with Crippen LogP contribution in [-0.4, -0.2) is 39.5 Å². The Hall–Kier alpha value is -4.42. The molecule has 4 aromatic heterocycles. The average molecular weight is 483 g/mol. The molecule has 178 valence electrons. The number of benzene rings is 1. The second-order valence-electron chi connectivity index (χ2n) is 7.66. The topological polar surface area (TPSA) is 113 Å². The SMILES string of the molecule is CC[C@@H](c1cn(-c2ccccc2F)nn1)n1cc(-c2cnc(C(F)(F)F)nc2)c2c(N)ncnc21. The summed E-state index contributed by atoms with van der Waals surface area (Å²) in [6.45, 7) is 1.92. The maximum absolute atomic E-state index is 14.2. The third kappa shape index (κ3) is 3.94. The molecular formula is C22H17F4N9. The van der Waals surface area contributed by atoms with Gasteiger partial charge in [-0.3, -0.25) is 0 Å². The van der Waals surface area contributed by atoms with Crippen molar-refractivity contribution in [1.29, 1.82) is 0 Å². The van der Waals surface area contributed by atoms with Gasteiger partial charge in [0.25, 0.3) is 0 Å². The van der Waals surface area contributed by atoms with Crippen molar-refractivity contribution in [2.45, 2.75) is 25.6 Å².